The summed E-state index contributed by atoms with van der Waals surface area (Å²) in [6.07, 6.45) is 4.93. The van der Waals surface area contributed by atoms with Crippen LogP contribution < -0.4 is 0 Å². The van der Waals surface area contributed by atoms with Crippen molar-refractivity contribution in [2.45, 2.75) is 32.7 Å². The Bertz CT molecular complexity index is 844. The molecule has 1 saturated heterocycles. The van der Waals surface area contributed by atoms with Crippen LogP contribution >= 0.6 is 15.9 Å². The lowest BCUT2D eigenvalue weighted by atomic mass is 9.79. The average molecular weight is 417 g/mol. The van der Waals surface area contributed by atoms with Crippen molar-refractivity contribution in [3.05, 3.63) is 51.8 Å². The quantitative estimate of drug-likeness (QED) is 0.709. The van der Waals surface area contributed by atoms with Crippen LogP contribution in [-0.4, -0.2) is 45.2 Å². The highest BCUT2D eigenvalue weighted by Crippen LogP contribution is 2.42. The molecule has 0 radical (unpaired) electrons. The Kier molecular flexibility index (Phi) is 4.34. The van der Waals surface area contributed by atoms with E-state index in [9.17, 15) is 4.79 Å². The van der Waals surface area contributed by atoms with Crippen molar-refractivity contribution in [3.63, 3.8) is 0 Å². The van der Waals surface area contributed by atoms with Crippen LogP contribution in [0.5, 0.6) is 0 Å². The number of nitrogens with zero attached hydrogens (tertiary/aromatic N) is 4. The SMILES string of the molecule is Cn1cc(C2CN(C(=O)N3CCc4c(Br)cccc4C3)CC2(C)C)cn1. The Morgan fingerprint density at radius 3 is 2.85 bits per heavy atom. The first-order chi connectivity index (χ1) is 12.3. The summed E-state index contributed by atoms with van der Waals surface area (Å²) in [5.41, 5.74) is 3.86. The van der Waals surface area contributed by atoms with Crippen LogP contribution in [0.25, 0.3) is 0 Å². The van der Waals surface area contributed by atoms with Gasteiger partial charge in [0, 0.05) is 49.8 Å². The Balaban J connectivity index is 1.51. The van der Waals surface area contributed by atoms with Crippen LogP contribution in [0.2, 0.25) is 0 Å². The Labute approximate surface area is 163 Å². The van der Waals surface area contributed by atoms with E-state index in [1.165, 1.54) is 16.7 Å². The minimum atomic E-state index is 0.0510. The number of carbonyl (C=O) groups is 1. The molecule has 3 heterocycles. The fourth-order valence-electron chi connectivity index (χ4n) is 4.38. The first-order valence-electron chi connectivity index (χ1n) is 9.14. The van der Waals surface area contributed by atoms with Crippen LogP contribution in [0.4, 0.5) is 4.79 Å². The van der Waals surface area contributed by atoms with Gasteiger partial charge in [0.25, 0.3) is 0 Å². The number of benzene rings is 1. The predicted octanol–water partition coefficient (Wildman–Crippen LogP) is 3.79. The third-order valence-corrected chi connectivity index (χ3v) is 6.56. The van der Waals surface area contributed by atoms with E-state index in [0.717, 1.165) is 30.5 Å². The monoisotopic (exact) mass is 416 g/mol. The van der Waals surface area contributed by atoms with E-state index in [2.05, 4.69) is 53.2 Å². The molecule has 138 valence electrons. The maximum Gasteiger partial charge on any atom is 0.320 e. The number of hydrogen-bond acceptors (Lipinski definition) is 2. The molecule has 2 aromatic rings. The summed E-state index contributed by atoms with van der Waals surface area (Å²) in [6, 6.07) is 6.42. The highest BCUT2D eigenvalue weighted by molar-refractivity contribution is 9.10. The number of aryl methyl sites for hydroxylation is 1. The summed E-state index contributed by atoms with van der Waals surface area (Å²) in [5.74, 6) is 0.325. The molecule has 6 heteroatoms. The molecule has 1 unspecified atom stereocenters. The summed E-state index contributed by atoms with van der Waals surface area (Å²) in [4.78, 5) is 17.2. The number of amides is 2. The normalized spacial score (nSPS) is 21.8. The lowest BCUT2D eigenvalue weighted by molar-refractivity contribution is 0.153. The number of hydrogen-bond donors (Lipinski definition) is 0. The summed E-state index contributed by atoms with van der Waals surface area (Å²) in [7, 11) is 1.94. The second-order valence-electron chi connectivity index (χ2n) is 8.20. The van der Waals surface area contributed by atoms with Gasteiger partial charge in [-0.3, -0.25) is 4.68 Å². The molecule has 26 heavy (non-hydrogen) atoms. The van der Waals surface area contributed by atoms with E-state index in [-0.39, 0.29) is 11.4 Å². The lowest BCUT2D eigenvalue weighted by Crippen LogP contribution is -2.44. The Hall–Kier alpha value is -1.82. The zero-order valence-corrected chi connectivity index (χ0v) is 17.2. The topological polar surface area (TPSA) is 41.4 Å². The zero-order chi connectivity index (χ0) is 18.5. The predicted molar refractivity (Wildman–Crippen MR) is 105 cm³/mol. The van der Waals surface area contributed by atoms with Gasteiger partial charge in [-0.2, -0.15) is 5.10 Å². The Morgan fingerprint density at radius 1 is 1.31 bits per heavy atom. The molecule has 1 aromatic heterocycles. The summed E-state index contributed by atoms with van der Waals surface area (Å²) >= 11 is 3.63. The fourth-order valence-corrected chi connectivity index (χ4v) is 4.99. The number of fused-ring (bicyclic) bond motifs is 1. The number of halogens is 1. The van der Waals surface area contributed by atoms with E-state index < -0.39 is 0 Å². The van der Waals surface area contributed by atoms with Gasteiger partial charge in [-0.25, -0.2) is 4.79 Å². The standard InChI is InChI=1S/C20H25BrN4O/c1-20(2)13-25(12-17(20)15-9-22-23(3)10-15)19(26)24-8-7-16-14(11-24)5-4-6-18(16)21/h4-6,9-10,17H,7-8,11-13H2,1-3H3. The van der Waals surface area contributed by atoms with Crippen molar-refractivity contribution >= 4 is 22.0 Å². The van der Waals surface area contributed by atoms with Gasteiger partial charge in [0.05, 0.1) is 6.20 Å². The third kappa shape index (κ3) is 3.04. The van der Waals surface area contributed by atoms with Gasteiger partial charge in [-0.05, 0) is 34.6 Å². The minimum absolute atomic E-state index is 0.0510. The van der Waals surface area contributed by atoms with Gasteiger partial charge in [0.1, 0.15) is 0 Å². The van der Waals surface area contributed by atoms with Crippen molar-refractivity contribution < 1.29 is 4.79 Å². The minimum Gasteiger partial charge on any atom is -0.323 e. The largest absolute Gasteiger partial charge is 0.323 e. The van der Waals surface area contributed by atoms with Crippen LogP contribution in [0.3, 0.4) is 0 Å². The number of aromatic nitrogens is 2. The second kappa shape index (κ2) is 6.41. The van der Waals surface area contributed by atoms with E-state index in [0.29, 0.717) is 12.5 Å². The third-order valence-electron chi connectivity index (χ3n) is 5.82. The van der Waals surface area contributed by atoms with Crippen molar-refractivity contribution in [1.82, 2.24) is 19.6 Å². The highest BCUT2D eigenvalue weighted by atomic mass is 79.9. The molecular weight excluding hydrogens is 392 g/mol. The molecule has 2 amide bonds. The first-order valence-corrected chi connectivity index (χ1v) is 9.93. The van der Waals surface area contributed by atoms with Crippen LogP contribution in [-0.2, 0) is 20.0 Å². The molecular formula is C20H25BrN4O. The van der Waals surface area contributed by atoms with Crippen molar-refractivity contribution in [2.24, 2.45) is 12.5 Å². The summed E-state index contributed by atoms with van der Waals surface area (Å²) < 4.78 is 3.00. The molecule has 0 bridgehead atoms. The van der Waals surface area contributed by atoms with Gasteiger partial charge >= 0.3 is 6.03 Å². The van der Waals surface area contributed by atoms with Gasteiger partial charge in [0.2, 0.25) is 0 Å². The molecule has 4 rings (SSSR count). The van der Waals surface area contributed by atoms with Gasteiger partial charge < -0.3 is 9.80 Å². The van der Waals surface area contributed by atoms with Gasteiger partial charge in [0.15, 0.2) is 0 Å². The van der Waals surface area contributed by atoms with Gasteiger partial charge in [-0.15, -0.1) is 0 Å². The van der Waals surface area contributed by atoms with E-state index >= 15 is 0 Å². The van der Waals surface area contributed by atoms with Crippen molar-refractivity contribution in [3.8, 4) is 0 Å². The maximum atomic E-state index is 13.2. The zero-order valence-electron chi connectivity index (χ0n) is 15.6. The Morgan fingerprint density at radius 2 is 2.12 bits per heavy atom. The second-order valence-corrected chi connectivity index (χ2v) is 9.06. The fraction of sp³-hybridized carbons (Fsp3) is 0.500. The molecule has 2 aliphatic heterocycles. The van der Waals surface area contributed by atoms with Crippen molar-refractivity contribution in [1.29, 1.82) is 0 Å². The average Bonchev–Trinajstić information content (AvgIpc) is 3.16. The number of carbonyl (C=O) groups excluding carboxylic acids is 1. The maximum absolute atomic E-state index is 13.2. The van der Waals surface area contributed by atoms with E-state index in [4.69, 9.17) is 0 Å². The molecule has 0 saturated carbocycles. The summed E-state index contributed by atoms with van der Waals surface area (Å²) in [6.45, 7) is 7.53. The number of rotatable bonds is 1. The molecule has 2 aliphatic rings. The molecule has 0 aliphatic carbocycles. The molecule has 1 aromatic carbocycles. The summed E-state index contributed by atoms with van der Waals surface area (Å²) in [5, 5.41) is 4.32. The van der Waals surface area contributed by atoms with Crippen LogP contribution in [0, 0.1) is 5.41 Å². The first kappa shape index (κ1) is 17.6. The molecule has 0 N–H and O–H groups in total. The smallest absolute Gasteiger partial charge is 0.320 e. The lowest BCUT2D eigenvalue weighted by Gasteiger charge is -2.33. The van der Waals surface area contributed by atoms with Gasteiger partial charge in [-0.1, -0.05) is 41.9 Å². The number of likely N-dealkylation sites (tertiary alicyclic amines) is 1. The van der Waals surface area contributed by atoms with Crippen LogP contribution in [0.15, 0.2) is 35.1 Å². The molecule has 1 atom stereocenters. The highest BCUT2D eigenvalue weighted by Gasteiger charge is 2.43. The number of urea groups is 1. The molecule has 0 spiro atoms. The van der Waals surface area contributed by atoms with E-state index in [1.54, 1.807) is 0 Å². The molecule has 1 fully saturated rings. The van der Waals surface area contributed by atoms with Crippen molar-refractivity contribution in [2.75, 3.05) is 19.6 Å². The molecule has 5 nitrogen and oxygen atoms in total. The van der Waals surface area contributed by atoms with Crippen LogP contribution in [0.1, 0.15) is 36.5 Å². The van der Waals surface area contributed by atoms with E-state index in [1.807, 2.05) is 33.8 Å².